The zero-order valence-electron chi connectivity index (χ0n) is 9.76. The predicted octanol–water partition coefficient (Wildman–Crippen LogP) is 0.753. The first-order valence-corrected chi connectivity index (χ1v) is 5.11. The van der Waals surface area contributed by atoms with Gasteiger partial charge in [-0.2, -0.15) is 0 Å². The molecule has 6 heteroatoms. The van der Waals surface area contributed by atoms with Crippen molar-refractivity contribution in [2.24, 2.45) is 0 Å². The van der Waals surface area contributed by atoms with Gasteiger partial charge in [-0.25, -0.2) is 4.79 Å². The summed E-state index contributed by atoms with van der Waals surface area (Å²) in [6.07, 6.45) is -1.12. The Morgan fingerprint density at radius 1 is 1.50 bits per heavy atom. The van der Waals surface area contributed by atoms with Crippen molar-refractivity contribution >= 4 is 12.6 Å². The van der Waals surface area contributed by atoms with Crippen LogP contribution in [0, 0.1) is 0 Å². The van der Waals surface area contributed by atoms with Gasteiger partial charge in [0.25, 0.3) is 6.47 Å². The summed E-state index contributed by atoms with van der Waals surface area (Å²) >= 11 is 0. The fourth-order valence-corrected chi connectivity index (χ4v) is 1.25. The lowest BCUT2D eigenvalue weighted by Crippen LogP contribution is -2.48. The van der Waals surface area contributed by atoms with Crippen LogP contribution in [0.5, 0.6) is 0 Å². The van der Waals surface area contributed by atoms with E-state index < -0.39 is 18.0 Å². The quantitative estimate of drug-likeness (QED) is 0.656. The van der Waals surface area contributed by atoms with Gasteiger partial charge in [-0.3, -0.25) is 9.69 Å². The van der Waals surface area contributed by atoms with E-state index in [2.05, 4.69) is 4.74 Å². The van der Waals surface area contributed by atoms with Gasteiger partial charge in [0.2, 0.25) is 6.29 Å². The SMILES string of the molecule is CC(C)(C)OC(=O)N1CCO[C@H](OC=O)C1. The highest BCUT2D eigenvalue weighted by Gasteiger charge is 2.28. The monoisotopic (exact) mass is 231 g/mol. The lowest BCUT2D eigenvalue weighted by Gasteiger charge is -2.33. The maximum absolute atomic E-state index is 11.7. The largest absolute Gasteiger partial charge is 0.444 e. The van der Waals surface area contributed by atoms with Crippen LogP contribution >= 0.6 is 0 Å². The molecule has 0 aromatic heterocycles. The molecule has 1 aliphatic heterocycles. The number of ether oxygens (including phenoxy) is 3. The second kappa shape index (κ2) is 5.16. The Hall–Kier alpha value is -1.30. The summed E-state index contributed by atoms with van der Waals surface area (Å²) in [5.74, 6) is 0. The van der Waals surface area contributed by atoms with Gasteiger partial charge >= 0.3 is 6.09 Å². The molecule has 1 heterocycles. The minimum absolute atomic E-state index is 0.202. The number of rotatable bonds is 2. The van der Waals surface area contributed by atoms with Gasteiger partial charge in [0.15, 0.2) is 0 Å². The Labute approximate surface area is 94.4 Å². The maximum atomic E-state index is 11.7. The van der Waals surface area contributed by atoms with E-state index in [9.17, 15) is 9.59 Å². The molecule has 1 atom stereocenters. The third-order valence-corrected chi connectivity index (χ3v) is 1.89. The van der Waals surface area contributed by atoms with Crippen molar-refractivity contribution in [1.29, 1.82) is 0 Å². The molecule has 0 bridgehead atoms. The molecule has 0 spiro atoms. The Balaban J connectivity index is 2.47. The van der Waals surface area contributed by atoms with E-state index in [0.717, 1.165) is 0 Å². The topological polar surface area (TPSA) is 65.1 Å². The van der Waals surface area contributed by atoms with Crippen molar-refractivity contribution < 1.29 is 23.8 Å². The van der Waals surface area contributed by atoms with Crippen molar-refractivity contribution in [3.8, 4) is 0 Å². The van der Waals surface area contributed by atoms with Crippen LogP contribution < -0.4 is 0 Å². The van der Waals surface area contributed by atoms with Crippen molar-refractivity contribution in [1.82, 2.24) is 4.90 Å². The number of hydrogen-bond donors (Lipinski definition) is 0. The highest BCUT2D eigenvalue weighted by molar-refractivity contribution is 5.68. The molecule has 6 nitrogen and oxygen atoms in total. The van der Waals surface area contributed by atoms with E-state index in [1.165, 1.54) is 4.90 Å². The van der Waals surface area contributed by atoms with Crippen LogP contribution in [0.4, 0.5) is 4.79 Å². The molecule has 92 valence electrons. The number of nitrogens with zero attached hydrogens (tertiary/aromatic N) is 1. The molecular formula is C10H17NO5. The first-order chi connectivity index (χ1) is 7.42. The van der Waals surface area contributed by atoms with Crippen LogP contribution in [0.1, 0.15) is 20.8 Å². The van der Waals surface area contributed by atoms with E-state index in [4.69, 9.17) is 9.47 Å². The Morgan fingerprint density at radius 3 is 2.75 bits per heavy atom. The molecular weight excluding hydrogens is 214 g/mol. The molecule has 1 saturated heterocycles. The summed E-state index contributed by atoms with van der Waals surface area (Å²) in [5, 5.41) is 0. The summed E-state index contributed by atoms with van der Waals surface area (Å²) in [6, 6.07) is 0. The Kier molecular flexibility index (Phi) is 4.12. The summed E-state index contributed by atoms with van der Waals surface area (Å²) in [4.78, 5) is 23.3. The fourth-order valence-electron chi connectivity index (χ4n) is 1.25. The average molecular weight is 231 g/mol. The highest BCUT2D eigenvalue weighted by atomic mass is 16.7. The van der Waals surface area contributed by atoms with Gasteiger partial charge in [-0.05, 0) is 20.8 Å². The first-order valence-electron chi connectivity index (χ1n) is 5.11. The number of amides is 1. The van der Waals surface area contributed by atoms with Gasteiger partial charge in [-0.1, -0.05) is 0 Å². The van der Waals surface area contributed by atoms with Gasteiger partial charge in [0.05, 0.1) is 13.2 Å². The number of morpholine rings is 1. The molecule has 1 aliphatic rings. The van der Waals surface area contributed by atoms with Gasteiger partial charge in [0, 0.05) is 6.54 Å². The average Bonchev–Trinajstić information content (AvgIpc) is 2.16. The fraction of sp³-hybridized carbons (Fsp3) is 0.800. The van der Waals surface area contributed by atoms with Gasteiger partial charge in [0.1, 0.15) is 5.60 Å². The molecule has 0 N–H and O–H groups in total. The van der Waals surface area contributed by atoms with E-state index >= 15 is 0 Å². The van der Waals surface area contributed by atoms with Gasteiger partial charge < -0.3 is 14.2 Å². The summed E-state index contributed by atoms with van der Waals surface area (Å²) in [5.41, 5.74) is -0.531. The Bertz CT molecular complexity index is 260. The number of carbonyl (C=O) groups excluding carboxylic acids is 2. The molecule has 0 aromatic carbocycles. The third kappa shape index (κ3) is 4.06. The zero-order chi connectivity index (χ0) is 12.2. The lowest BCUT2D eigenvalue weighted by atomic mass is 10.2. The highest BCUT2D eigenvalue weighted by Crippen LogP contribution is 2.13. The smallest absolute Gasteiger partial charge is 0.410 e. The normalized spacial score (nSPS) is 21.4. The minimum Gasteiger partial charge on any atom is -0.444 e. The zero-order valence-corrected chi connectivity index (χ0v) is 9.76. The van der Waals surface area contributed by atoms with Crippen LogP contribution in [-0.2, 0) is 19.0 Å². The first kappa shape index (κ1) is 12.8. The maximum Gasteiger partial charge on any atom is 0.410 e. The number of hydrogen-bond acceptors (Lipinski definition) is 5. The minimum atomic E-state index is -0.696. The van der Waals surface area contributed by atoms with Crippen molar-refractivity contribution in [2.75, 3.05) is 19.7 Å². The van der Waals surface area contributed by atoms with E-state index in [1.54, 1.807) is 20.8 Å². The van der Waals surface area contributed by atoms with E-state index in [0.29, 0.717) is 19.6 Å². The second-order valence-corrected chi connectivity index (χ2v) is 4.46. The molecule has 0 saturated carbocycles. The molecule has 16 heavy (non-hydrogen) atoms. The summed E-state index contributed by atoms with van der Waals surface area (Å²) < 4.78 is 15.0. The molecule has 1 fully saturated rings. The van der Waals surface area contributed by atoms with Crippen LogP contribution in [0.15, 0.2) is 0 Å². The third-order valence-electron chi connectivity index (χ3n) is 1.89. The molecule has 1 rings (SSSR count). The Morgan fingerprint density at radius 2 is 2.19 bits per heavy atom. The van der Waals surface area contributed by atoms with Crippen LogP contribution in [0.3, 0.4) is 0 Å². The van der Waals surface area contributed by atoms with E-state index in [1.807, 2.05) is 0 Å². The van der Waals surface area contributed by atoms with Crippen LogP contribution in [0.25, 0.3) is 0 Å². The van der Waals surface area contributed by atoms with E-state index in [-0.39, 0.29) is 6.54 Å². The lowest BCUT2D eigenvalue weighted by molar-refractivity contribution is -0.179. The summed E-state index contributed by atoms with van der Waals surface area (Å²) in [6.45, 7) is 6.67. The summed E-state index contributed by atoms with van der Waals surface area (Å²) in [7, 11) is 0. The van der Waals surface area contributed by atoms with Crippen molar-refractivity contribution in [2.45, 2.75) is 32.7 Å². The van der Waals surface area contributed by atoms with Crippen molar-refractivity contribution in [3.63, 3.8) is 0 Å². The van der Waals surface area contributed by atoms with Crippen molar-refractivity contribution in [3.05, 3.63) is 0 Å². The molecule has 0 unspecified atom stereocenters. The molecule has 0 radical (unpaired) electrons. The predicted molar refractivity (Wildman–Crippen MR) is 54.7 cm³/mol. The van der Waals surface area contributed by atoms with Gasteiger partial charge in [-0.15, -0.1) is 0 Å². The van der Waals surface area contributed by atoms with Crippen LogP contribution in [-0.4, -0.2) is 49.1 Å². The molecule has 0 aromatic rings. The molecule has 1 amide bonds. The molecule has 0 aliphatic carbocycles. The van der Waals surface area contributed by atoms with Crippen LogP contribution in [0.2, 0.25) is 0 Å². The second-order valence-electron chi connectivity index (χ2n) is 4.46. The standard InChI is InChI=1S/C10H17NO5/c1-10(2,3)16-9(13)11-4-5-14-8(6-11)15-7-12/h7-8H,4-6H2,1-3H3/t8-/m1/s1. The number of carbonyl (C=O) groups is 2.